The van der Waals surface area contributed by atoms with Crippen LogP contribution in [0.3, 0.4) is 0 Å². The molecule has 1 N–H and O–H groups in total. The Balaban J connectivity index is 1.56. The second kappa shape index (κ2) is 7.77. The Morgan fingerprint density at radius 1 is 1.12 bits per heavy atom. The molecule has 2 aromatic carbocycles. The molecule has 1 unspecified atom stereocenters. The fraction of sp³-hybridized carbons (Fsp3) is 0.190. The van der Waals surface area contributed by atoms with Gasteiger partial charge < -0.3 is 4.57 Å². The molecule has 1 atom stereocenters. The predicted octanol–water partition coefficient (Wildman–Crippen LogP) is 4.79. The minimum Gasteiger partial charge on any atom is -0.308 e. The van der Waals surface area contributed by atoms with Gasteiger partial charge in [0.05, 0.1) is 23.8 Å². The summed E-state index contributed by atoms with van der Waals surface area (Å²) in [5.41, 5.74) is 7.64. The molecule has 1 aliphatic heterocycles. The van der Waals surface area contributed by atoms with Crippen LogP contribution in [0.2, 0.25) is 5.02 Å². The highest BCUT2D eigenvalue weighted by molar-refractivity contribution is 6.30. The van der Waals surface area contributed by atoms with Gasteiger partial charge in [-0.05, 0) is 30.5 Å². The Bertz CT molecular complexity index is 873. The molecule has 0 fully saturated rings. The van der Waals surface area contributed by atoms with Crippen LogP contribution < -0.4 is 5.48 Å². The number of imidazole rings is 1. The molecule has 26 heavy (non-hydrogen) atoms. The molecule has 1 aromatic heterocycles. The van der Waals surface area contributed by atoms with Crippen molar-refractivity contribution < 1.29 is 4.84 Å². The van der Waals surface area contributed by atoms with Gasteiger partial charge in [-0.2, -0.15) is 0 Å². The van der Waals surface area contributed by atoms with Crippen LogP contribution in [0.5, 0.6) is 0 Å². The van der Waals surface area contributed by atoms with Gasteiger partial charge in [-0.25, -0.2) is 4.98 Å². The molecule has 0 saturated heterocycles. The molecular weight excluding hydrogens is 346 g/mol. The van der Waals surface area contributed by atoms with E-state index in [2.05, 4.69) is 39.3 Å². The predicted molar refractivity (Wildman–Crippen MR) is 104 cm³/mol. The number of benzene rings is 2. The number of nitrogens with one attached hydrogen (secondary N) is 1. The van der Waals surface area contributed by atoms with E-state index in [0.29, 0.717) is 0 Å². The molecule has 0 saturated carbocycles. The molecule has 4 nitrogen and oxygen atoms in total. The lowest BCUT2D eigenvalue weighted by Crippen LogP contribution is -2.31. The number of nitrogens with zero attached hydrogens (tertiary/aromatic N) is 2. The van der Waals surface area contributed by atoms with Gasteiger partial charge in [0.2, 0.25) is 0 Å². The maximum atomic E-state index is 6.03. The third kappa shape index (κ3) is 3.82. The van der Waals surface area contributed by atoms with E-state index in [0.717, 1.165) is 41.2 Å². The lowest BCUT2D eigenvalue weighted by molar-refractivity contribution is -0.00424. The highest BCUT2D eigenvalue weighted by atomic mass is 35.5. The van der Waals surface area contributed by atoms with Crippen LogP contribution >= 0.6 is 11.6 Å². The van der Waals surface area contributed by atoms with Crippen LogP contribution in [0.25, 0.3) is 11.4 Å². The minimum absolute atomic E-state index is 0.101. The number of aromatic nitrogens is 2. The van der Waals surface area contributed by atoms with E-state index in [1.807, 2.05) is 42.9 Å². The van der Waals surface area contributed by atoms with Crippen LogP contribution in [0.1, 0.15) is 24.0 Å². The van der Waals surface area contributed by atoms with Gasteiger partial charge in [-0.3, -0.25) is 10.3 Å². The van der Waals surface area contributed by atoms with E-state index in [4.69, 9.17) is 16.4 Å². The quantitative estimate of drug-likeness (QED) is 0.706. The number of hydrogen-bond donors (Lipinski definition) is 1. The van der Waals surface area contributed by atoms with Gasteiger partial charge in [0.15, 0.2) is 0 Å². The molecule has 5 heteroatoms. The smallest absolute Gasteiger partial charge is 0.0989 e. The van der Waals surface area contributed by atoms with Crippen molar-refractivity contribution in [3.63, 3.8) is 0 Å². The summed E-state index contributed by atoms with van der Waals surface area (Å²) in [4.78, 5) is 10.1. The topological polar surface area (TPSA) is 39.1 Å². The summed E-state index contributed by atoms with van der Waals surface area (Å²) in [5.74, 6) is 0. The monoisotopic (exact) mass is 365 g/mol. The first-order valence-electron chi connectivity index (χ1n) is 8.72. The number of hydroxylamine groups is 1. The van der Waals surface area contributed by atoms with E-state index in [1.54, 1.807) is 6.20 Å². The van der Waals surface area contributed by atoms with Crippen LogP contribution in [0, 0.1) is 0 Å². The molecule has 2 heterocycles. The van der Waals surface area contributed by atoms with Gasteiger partial charge in [-0.15, -0.1) is 0 Å². The Hall–Kier alpha value is -2.56. The van der Waals surface area contributed by atoms with E-state index in [-0.39, 0.29) is 6.10 Å². The van der Waals surface area contributed by atoms with Crippen LogP contribution in [-0.2, 0) is 11.3 Å². The fourth-order valence-electron chi connectivity index (χ4n) is 3.19. The average molecular weight is 366 g/mol. The largest absolute Gasteiger partial charge is 0.308 e. The van der Waals surface area contributed by atoms with Crippen LogP contribution in [0.15, 0.2) is 73.3 Å². The van der Waals surface area contributed by atoms with Crippen molar-refractivity contribution in [2.45, 2.75) is 25.4 Å². The molecule has 1 aliphatic rings. The summed E-state index contributed by atoms with van der Waals surface area (Å²) in [7, 11) is 0. The van der Waals surface area contributed by atoms with Crippen molar-refractivity contribution >= 4 is 23.0 Å². The molecule has 0 radical (unpaired) electrons. The van der Waals surface area contributed by atoms with Crippen molar-refractivity contribution in [3.05, 3.63) is 89.5 Å². The molecule has 132 valence electrons. The first-order valence-corrected chi connectivity index (χ1v) is 9.10. The SMILES string of the molecule is Clc1ccc(C2=C(n3ccnc3)CC(CCc3ccccc3)ON2)cc1. The fourth-order valence-corrected chi connectivity index (χ4v) is 3.32. The minimum atomic E-state index is 0.101. The second-order valence-corrected chi connectivity index (χ2v) is 6.81. The molecule has 0 spiro atoms. The standard InChI is InChI=1S/C21H20ClN3O/c22-18-9-7-17(8-10-18)21-20(25-13-12-23-15-25)14-19(26-24-21)11-6-16-4-2-1-3-5-16/h1-5,7-10,12-13,15,19,24H,6,11,14H2. The molecular formula is C21H20ClN3O. The first kappa shape index (κ1) is 16.9. The van der Waals surface area contributed by atoms with Crippen molar-refractivity contribution in [1.82, 2.24) is 15.0 Å². The Labute approximate surface area is 158 Å². The zero-order chi connectivity index (χ0) is 17.8. The van der Waals surface area contributed by atoms with E-state index >= 15 is 0 Å². The zero-order valence-corrected chi connectivity index (χ0v) is 15.1. The van der Waals surface area contributed by atoms with Crippen LogP contribution in [0.4, 0.5) is 0 Å². The lowest BCUT2D eigenvalue weighted by Gasteiger charge is -2.29. The number of aryl methyl sites for hydroxylation is 1. The summed E-state index contributed by atoms with van der Waals surface area (Å²) >= 11 is 6.03. The second-order valence-electron chi connectivity index (χ2n) is 6.37. The van der Waals surface area contributed by atoms with E-state index < -0.39 is 0 Å². The molecule has 4 rings (SSSR count). The van der Waals surface area contributed by atoms with Gasteiger partial charge in [-0.1, -0.05) is 54.1 Å². The Morgan fingerprint density at radius 2 is 1.92 bits per heavy atom. The van der Waals surface area contributed by atoms with Gasteiger partial charge in [0.25, 0.3) is 0 Å². The van der Waals surface area contributed by atoms with E-state index in [9.17, 15) is 0 Å². The normalized spacial score (nSPS) is 17.2. The summed E-state index contributed by atoms with van der Waals surface area (Å²) in [6.07, 6.45) is 8.43. The molecule has 0 bridgehead atoms. The van der Waals surface area contributed by atoms with Gasteiger partial charge >= 0.3 is 0 Å². The zero-order valence-electron chi connectivity index (χ0n) is 14.3. The van der Waals surface area contributed by atoms with Crippen molar-refractivity contribution in [2.75, 3.05) is 0 Å². The number of halogens is 1. The van der Waals surface area contributed by atoms with Gasteiger partial charge in [0.1, 0.15) is 0 Å². The molecule has 3 aromatic rings. The Kier molecular flexibility index (Phi) is 5.04. The van der Waals surface area contributed by atoms with Crippen molar-refractivity contribution in [2.24, 2.45) is 0 Å². The average Bonchev–Trinajstić information content (AvgIpc) is 3.22. The summed E-state index contributed by atoms with van der Waals surface area (Å²) in [6.45, 7) is 0. The highest BCUT2D eigenvalue weighted by Gasteiger charge is 2.24. The maximum absolute atomic E-state index is 6.03. The third-order valence-corrected chi connectivity index (χ3v) is 4.84. The molecule has 0 aliphatic carbocycles. The third-order valence-electron chi connectivity index (χ3n) is 4.58. The number of hydrogen-bond acceptors (Lipinski definition) is 3. The first-order chi connectivity index (χ1) is 12.8. The van der Waals surface area contributed by atoms with Crippen molar-refractivity contribution in [1.29, 1.82) is 0 Å². The lowest BCUT2D eigenvalue weighted by atomic mass is 10.0. The molecule has 0 amide bonds. The maximum Gasteiger partial charge on any atom is 0.0989 e. The summed E-state index contributed by atoms with van der Waals surface area (Å²) in [5, 5.41) is 0.719. The van der Waals surface area contributed by atoms with Crippen molar-refractivity contribution in [3.8, 4) is 0 Å². The summed E-state index contributed by atoms with van der Waals surface area (Å²) in [6, 6.07) is 18.3. The Morgan fingerprint density at radius 3 is 2.65 bits per heavy atom. The highest BCUT2D eigenvalue weighted by Crippen LogP contribution is 2.30. The summed E-state index contributed by atoms with van der Waals surface area (Å²) < 4.78 is 2.05. The van der Waals surface area contributed by atoms with E-state index in [1.165, 1.54) is 5.56 Å². The van der Waals surface area contributed by atoms with Gasteiger partial charge in [0, 0.05) is 29.4 Å². The number of rotatable bonds is 5. The van der Waals surface area contributed by atoms with Crippen LogP contribution in [-0.4, -0.2) is 15.7 Å².